The van der Waals surface area contributed by atoms with E-state index in [9.17, 15) is 4.79 Å². The molecule has 0 fully saturated rings. The topological polar surface area (TPSA) is 57.8 Å². The molecule has 0 bridgehead atoms. The molecule has 1 unspecified atom stereocenters. The van der Waals surface area contributed by atoms with Gasteiger partial charge in [0, 0.05) is 0 Å². The maximum absolute atomic E-state index is 11.8. The number of amides is 1. The summed E-state index contributed by atoms with van der Waals surface area (Å²) < 4.78 is 0. The third-order valence-corrected chi connectivity index (χ3v) is 4.03. The zero-order chi connectivity index (χ0) is 13.8. The van der Waals surface area contributed by atoms with Gasteiger partial charge in [-0.2, -0.15) is 0 Å². The number of thioether (sulfide) groups is 1. The molecule has 5 heteroatoms. The van der Waals surface area contributed by atoms with E-state index in [2.05, 4.69) is 22.2 Å². The quantitative estimate of drug-likeness (QED) is 0.883. The number of hydrogen-bond donors (Lipinski definition) is 2. The number of rotatable bonds is 5. The molecule has 0 aliphatic carbocycles. The van der Waals surface area contributed by atoms with Gasteiger partial charge in [-0.3, -0.25) is 4.79 Å². The Labute approximate surface area is 117 Å². The highest BCUT2D eigenvalue weighted by atomic mass is 32.2. The second-order valence-electron chi connectivity index (χ2n) is 4.47. The van der Waals surface area contributed by atoms with Crippen LogP contribution in [-0.4, -0.2) is 26.9 Å². The number of carbonyl (C=O) groups excluding carboxylic acids is 1. The van der Waals surface area contributed by atoms with Crippen molar-refractivity contribution in [2.45, 2.75) is 32.6 Å². The van der Waals surface area contributed by atoms with Gasteiger partial charge >= 0.3 is 0 Å². The van der Waals surface area contributed by atoms with Crippen LogP contribution < -0.4 is 5.32 Å². The zero-order valence-electron chi connectivity index (χ0n) is 11.5. The smallest absolute Gasteiger partial charge is 0.233 e. The Morgan fingerprint density at radius 1 is 1.53 bits per heavy atom. The van der Waals surface area contributed by atoms with Crippen LogP contribution in [0, 0.1) is 6.92 Å². The Balaban J connectivity index is 2.02. The fourth-order valence-electron chi connectivity index (χ4n) is 1.95. The number of para-hydroxylation sites is 1. The van der Waals surface area contributed by atoms with Crippen molar-refractivity contribution in [1.29, 1.82) is 0 Å². The minimum absolute atomic E-state index is 0.0175. The van der Waals surface area contributed by atoms with Crippen LogP contribution in [0.2, 0.25) is 0 Å². The number of benzene rings is 1. The summed E-state index contributed by atoms with van der Waals surface area (Å²) in [5.41, 5.74) is 3.13. The number of nitrogens with one attached hydrogen (secondary N) is 2. The standard InChI is InChI=1S/C14H19N3OS/c1-4-19-10(3)14(18)15-8-12-16-11-7-5-6-9(2)13(11)17-12/h5-7,10H,4,8H2,1-3H3,(H,15,18)(H,16,17). The molecular weight excluding hydrogens is 258 g/mol. The highest BCUT2D eigenvalue weighted by Gasteiger charge is 2.12. The molecule has 0 aliphatic heterocycles. The molecule has 2 aromatic rings. The van der Waals surface area contributed by atoms with E-state index < -0.39 is 0 Å². The molecule has 0 radical (unpaired) electrons. The van der Waals surface area contributed by atoms with E-state index in [1.807, 2.05) is 32.0 Å². The van der Waals surface area contributed by atoms with Gasteiger partial charge in [0.1, 0.15) is 5.82 Å². The van der Waals surface area contributed by atoms with E-state index in [0.29, 0.717) is 6.54 Å². The molecule has 19 heavy (non-hydrogen) atoms. The maximum atomic E-state index is 11.8. The molecule has 1 aromatic heterocycles. The van der Waals surface area contributed by atoms with Gasteiger partial charge in [-0.25, -0.2) is 4.98 Å². The summed E-state index contributed by atoms with van der Waals surface area (Å²) in [6, 6.07) is 6.03. The molecule has 1 heterocycles. The molecule has 1 amide bonds. The average molecular weight is 277 g/mol. The van der Waals surface area contributed by atoms with Crippen molar-refractivity contribution in [3.05, 3.63) is 29.6 Å². The summed E-state index contributed by atoms with van der Waals surface area (Å²) in [4.78, 5) is 19.6. The number of aromatic amines is 1. The van der Waals surface area contributed by atoms with Gasteiger partial charge in [0.05, 0.1) is 22.8 Å². The van der Waals surface area contributed by atoms with Gasteiger partial charge in [-0.1, -0.05) is 19.1 Å². The van der Waals surface area contributed by atoms with Gasteiger partial charge in [0.25, 0.3) is 0 Å². The Kier molecular flexibility index (Phi) is 4.47. The summed E-state index contributed by atoms with van der Waals surface area (Å²) in [7, 11) is 0. The van der Waals surface area contributed by atoms with Crippen LogP contribution >= 0.6 is 11.8 Å². The third kappa shape index (κ3) is 3.29. The lowest BCUT2D eigenvalue weighted by Gasteiger charge is -2.09. The number of fused-ring (bicyclic) bond motifs is 1. The fourth-order valence-corrected chi connectivity index (χ4v) is 2.69. The van der Waals surface area contributed by atoms with Crippen LogP contribution in [0.4, 0.5) is 0 Å². The number of aromatic nitrogens is 2. The first-order chi connectivity index (χ1) is 9.11. The van der Waals surface area contributed by atoms with Crippen molar-refractivity contribution in [2.24, 2.45) is 0 Å². The Hall–Kier alpha value is -1.49. The molecule has 2 N–H and O–H groups in total. The minimum atomic E-state index is -0.0175. The van der Waals surface area contributed by atoms with Gasteiger partial charge < -0.3 is 10.3 Å². The largest absolute Gasteiger partial charge is 0.348 e. The summed E-state index contributed by atoms with van der Waals surface area (Å²) in [5.74, 6) is 1.80. The average Bonchev–Trinajstić information content (AvgIpc) is 2.80. The number of imidazole rings is 1. The first-order valence-electron chi connectivity index (χ1n) is 6.45. The zero-order valence-corrected chi connectivity index (χ0v) is 12.3. The SMILES string of the molecule is CCSC(C)C(=O)NCc1nc2c(C)cccc2[nH]1. The van der Waals surface area contributed by atoms with Gasteiger partial charge in [-0.05, 0) is 31.2 Å². The van der Waals surface area contributed by atoms with Crippen molar-refractivity contribution in [3.63, 3.8) is 0 Å². The fraction of sp³-hybridized carbons (Fsp3) is 0.429. The van der Waals surface area contributed by atoms with Gasteiger partial charge in [-0.15, -0.1) is 11.8 Å². The van der Waals surface area contributed by atoms with Crippen LogP contribution in [0.25, 0.3) is 11.0 Å². The van der Waals surface area contributed by atoms with E-state index in [1.54, 1.807) is 11.8 Å². The van der Waals surface area contributed by atoms with Crippen LogP contribution in [0.3, 0.4) is 0 Å². The van der Waals surface area contributed by atoms with Gasteiger partial charge in [0.2, 0.25) is 5.91 Å². The molecule has 0 spiro atoms. The highest BCUT2D eigenvalue weighted by Crippen LogP contribution is 2.15. The highest BCUT2D eigenvalue weighted by molar-refractivity contribution is 8.00. The summed E-state index contributed by atoms with van der Waals surface area (Å²) >= 11 is 1.64. The Bertz CT molecular complexity index is 579. The molecule has 1 atom stereocenters. The van der Waals surface area contributed by atoms with E-state index in [1.165, 1.54) is 0 Å². The van der Waals surface area contributed by atoms with Gasteiger partial charge in [0.15, 0.2) is 0 Å². The molecule has 2 rings (SSSR count). The Morgan fingerprint density at radius 3 is 3.00 bits per heavy atom. The lowest BCUT2D eigenvalue weighted by Crippen LogP contribution is -2.30. The molecule has 4 nitrogen and oxygen atoms in total. The summed E-state index contributed by atoms with van der Waals surface area (Å²) in [6.45, 7) is 6.45. The van der Waals surface area contributed by atoms with Crippen molar-refractivity contribution in [2.75, 3.05) is 5.75 Å². The summed E-state index contributed by atoms with van der Waals surface area (Å²) in [6.07, 6.45) is 0. The van der Waals surface area contributed by atoms with Crippen LogP contribution in [0.1, 0.15) is 25.2 Å². The van der Waals surface area contributed by atoms with E-state index >= 15 is 0 Å². The maximum Gasteiger partial charge on any atom is 0.233 e. The molecule has 0 saturated carbocycles. The van der Waals surface area contributed by atoms with Crippen molar-refractivity contribution < 1.29 is 4.79 Å². The number of H-pyrrole nitrogens is 1. The lowest BCUT2D eigenvalue weighted by molar-refractivity contribution is -0.120. The summed E-state index contributed by atoms with van der Waals surface area (Å²) in [5, 5.41) is 2.89. The first-order valence-corrected chi connectivity index (χ1v) is 7.50. The molecule has 0 saturated heterocycles. The first kappa shape index (κ1) is 13.9. The number of hydrogen-bond acceptors (Lipinski definition) is 3. The van der Waals surface area contributed by atoms with E-state index in [0.717, 1.165) is 28.2 Å². The number of nitrogens with zero attached hydrogens (tertiary/aromatic N) is 1. The monoisotopic (exact) mass is 277 g/mol. The van der Waals surface area contributed by atoms with Crippen LogP contribution in [-0.2, 0) is 11.3 Å². The second kappa shape index (κ2) is 6.10. The third-order valence-electron chi connectivity index (χ3n) is 2.98. The van der Waals surface area contributed by atoms with Crippen molar-refractivity contribution in [1.82, 2.24) is 15.3 Å². The van der Waals surface area contributed by atoms with Crippen LogP contribution in [0.15, 0.2) is 18.2 Å². The van der Waals surface area contributed by atoms with Crippen molar-refractivity contribution in [3.8, 4) is 0 Å². The normalized spacial score (nSPS) is 12.6. The molecule has 102 valence electrons. The molecule has 0 aliphatic rings. The number of carbonyl (C=O) groups is 1. The van der Waals surface area contributed by atoms with E-state index in [-0.39, 0.29) is 11.2 Å². The predicted octanol–water partition coefficient (Wildman–Crippen LogP) is 2.63. The lowest BCUT2D eigenvalue weighted by atomic mass is 10.2. The molecule has 1 aromatic carbocycles. The Morgan fingerprint density at radius 2 is 2.32 bits per heavy atom. The van der Waals surface area contributed by atoms with Crippen molar-refractivity contribution >= 4 is 28.7 Å². The minimum Gasteiger partial charge on any atom is -0.348 e. The number of aryl methyl sites for hydroxylation is 1. The predicted molar refractivity (Wildman–Crippen MR) is 80.3 cm³/mol. The molecular formula is C14H19N3OS. The van der Waals surface area contributed by atoms with E-state index in [4.69, 9.17) is 0 Å². The van der Waals surface area contributed by atoms with Crippen LogP contribution in [0.5, 0.6) is 0 Å². The second-order valence-corrected chi connectivity index (χ2v) is 6.09.